The highest BCUT2D eigenvalue weighted by molar-refractivity contribution is 5.76. The molecule has 304 valence electrons. The molecule has 0 saturated carbocycles. The minimum atomic E-state index is 0.169. The summed E-state index contributed by atoms with van der Waals surface area (Å²) in [6, 6.07) is 0. The van der Waals surface area contributed by atoms with Crippen molar-refractivity contribution in [2.24, 2.45) is 0 Å². The third-order valence-corrected chi connectivity index (χ3v) is 11.0. The molecule has 0 rings (SSSR count). The van der Waals surface area contributed by atoms with E-state index in [-0.39, 0.29) is 11.8 Å². The van der Waals surface area contributed by atoms with E-state index in [9.17, 15) is 9.59 Å². The molecule has 0 aromatic heterocycles. The predicted molar refractivity (Wildman–Crippen MR) is 227 cm³/mol. The molecule has 0 aromatic rings. The number of unbranched alkanes of at least 4 members (excludes halogenated alkanes) is 36. The van der Waals surface area contributed by atoms with Gasteiger partial charge in [-0.25, -0.2) is 0 Å². The van der Waals surface area contributed by atoms with Crippen LogP contribution in [0.25, 0.3) is 0 Å². The molecule has 0 spiro atoms. The third-order valence-electron chi connectivity index (χ3n) is 11.0. The predicted octanol–water partition coefficient (Wildman–Crippen LogP) is 15.3. The highest BCUT2D eigenvalue weighted by Gasteiger charge is 2.03. The molecule has 0 aliphatic heterocycles. The Morgan fingerprint density at radius 1 is 0.255 bits per heavy atom. The van der Waals surface area contributed by atoms with Crippen LogP contribution in [0.3, 0.4) is 0 Å². The van der Waals surface area contributed by atoms with E-state index >= 15 is 0 Å². The van der Waals surface area contributed by atoms with Gasteiger partial charge in [0.1, 0.15) is 0 Å². The molecule has 0 atom stereocenters. The Labute approximate surface area is 321 Å². The van der Waals surface area contributed by atoms with E-state index in [2.05, 4.69) is 24.5 Å². The Morgan fingerprint density at radius 3 is 0.627 bits per heavy atom. The van der Waals surface area contributed by atoms with E-state index in [1.54, 1.807) is 0 Å². The summed E-state index contributed by atoms with van der Waals surface area (Å²) in [6.45, 7) is 5.91. The van der Waals surface area contributed by atoms with Gasteiger partial charge in [-0.15, -0.1) is 0 Å². The number of rotatable bonds is 44. The first-order chi connectivity index (χ1) is 25.2. The number of carbonyl (C=O) groups excluding carboxylic acids is 2. The number of hydrogen-bond donors (Lipinski definition) is 2. The first kappa shape index (κ1) is 49.9. The fraction of sp³-hybridized carbons (Fsp3) is 0.957. The lowest BCUT2D eigenvalue weighted by Crippen LogP contribution is -2.29. The molecule has 0 saturated heterocycles. The SMILES string of the molecule is CCCCCCCCCCCCCCCCCCCCCC(=O)NCCCNC(=O)CCCCCCCCCCCCCCCCCCCCC. The van der Waals surface area contributed by atoms with E-state index in [4.69, 9.17) is 0 Å². The largest absolute Gasteiger partial charge is 0.356 e. The number of amides is 2. The normalized spacial score (nSPS) is 11.3. The minimum absolute atomic E-state index is 0.169. The van der Waals surface area contributed by atoms with Gasteiger partial charge in [0.05, 0.1) is 0 Å². The first-order valence-electron chi connectivity index (χ1n) is 23.7. The summed E-state index contributed by atoms with van der Waals surface area (Å²) in [7, 11) is 0. The van der Waals surface area contributed by atoms with Gasteiger partial charge in [0.15, 0.2) is 0 Å². The summed E-state index contributed by atoms with van der Waals surface area (Å²) in [5.74, 6) is 0.338. The molecular weight excluding hydrogens is 625 g/mol. The maximum Gasteiger partial charge on any atom is 0.219 e. The maximum absolute atomic E-state index is 12.1. The smallest absolute Gasteiger partial charge is 0.219 e. The van der Waals surface area contributed by atoms with Crippen molar-refractivity contribution in [1.29, 1.82) is 0 Å². The van der Waals surface area contributed by atoms with Crippen LogP contribution in [0.1, 0.15) is 277 Å². The summed E-state index contributed by atoms with van der Waals surface area (Å²) in [5.41, 5.74) is 0. The fourth-order valence-corrected chi connectivity index (χ4v) is 7.45. The zero-order valence-electron chi connectivity index (χ0n) is 35.2. The van der Waals surface area contributed by atoms with Crippen LogP contribution in [0.15, 0.2) is 0 Å². The van der Waals surface area contributed by atoms with Crippen molar-refractivity contribution >= 4 is 11.8 Å². The Kier molecular flexibility index (Phi) is 44.2. The van der Waals surface area contributed by atoms with Crippen LogP contribution in [0, 0.1) is 0 Å². The van der Waals surface area contributed by atoms with E-state index in [1.165, 1.54) is 231 Å². The van der Waals surface area contributed by atoms with Crippen LogP contribution in [0.5, 0.6) is 0 Å². The van der Waals surface area contributed by atoms with Gasteiger partial charge < -0.3 is 10.6 Å². The van der Waals surface area contributed by atoms with Gasteiger partial charge in [-0.3, -0.25) is 9.59 Å². The van der Waals surface area contributed by atoms with Crippen molar-refractivity contribution in [3.8, 4) is 0 Å². The van der Waals surface area contributed by atoms with Crippen LogP contribution >= 0.6 is 0 Å². The van der Waals surface area contributed by atoms with E-state index in [0.717, 1.165) is 19.3 Å². The van der Waals surface area contributed by atoms with Crippen LogP contribution in [-0.4, -0.2) is 24.9 Å². The van der Waals surface area contributed by atoms with Gasteiger partial charge in [-0.05, 0) is 19.3 Å². The van der Waals surface area contributed by atoms with Gasteiger partial charge in [0.2, 0.25) is 11.8 Å². The highest BCUT2D eigenvalue weighted by atomic mass is 16.2. The molecule has 2 amide bonds. The van der Waals surface area contributed by atoms with Crippen molar-refractivity contribution in [1.82, 2.24) is 10.6 Å². The number of hydrogen-bond acceptors (Lipinski definition) is 2. The molecule has 51 heavy (non-hydrogen) atoms. The maximum atomic E-state index is 12.1. The van der Waals surface area contributed by atoms with Crippen LogP contribution in [0.2, 0.25) is 0 Å². The molecule has 0 aromatic carbocycles. The van der Waals surface area contributed by atoms with Gasteiger partial charge in [-0.2, -0.15) is 0 Å². The first-order valence-corrected chi connectivity index (χ1v) is 23.7. The van der Waals surface area contributed by atoms with Crippen molar-refractivity contribution < 1.29 is 9.59 Å². The molecule has 4 nitrogen and oxygen atoms in total. The van der Waals surface area contributed by atoms with E-state index < -0.39 is 0 Å². The molecule has 4 heteroatoms. The van der Waals surface area contributed by atoms with Gasteiger partial charge in [-0.1, -0.05) is 245 Å². The second-order valence-corrected chi connectivity index (χ2v) is 16.3. The van der Waals surface area contributed by atoms with Gasteiger partial charge in [0.25, 0.3) is 0 Å². The molecule has 0 aliphatic carbocycles. The van der Waals surface area contributed by atoms with Gasteiger partial charge in [0, 0.05) is 25.9 Å². The zero-order chi connectivity index (χ0) is 37.0. The lowest BCUT2D eigenvalue weighted by atomic mass is 10.0. The molecule has 0 unspecified atom stereocenters. The Balaban J connectivity index is 3.24. The van der Waals surface area contributed by atoms with E-state index in [1.807, 2.05) is 0 Å². The van der Waals surface area contributed by atoms with Crippen LogP contribution in [-0.2, 0) is 9.59 Å². The lowest BCUT2D eigenvalue weighted by Gasteiger charge is -2.07. The van der Waals surface area contributed by atoms with Crippen LogP contribution < -0.4 is 10.6 Å². The average Bonchev–Trinajstić information content (AvgIpc) is 3.13. The summed E-state index contributed by atoms with van der Waals surface area (Å²) < 4.78 is 0. The Morgan fingerprint density at radius 2 is 0.431 bits per heavy atom. The fourth-order valence-electron chi connectivity index (χ4n) is 7.45. The van der Waals surface area contributed by atoms with Crippen molar-refractivity contribution in [3.63, 3.8) is 0 Å². The lowest BCUT2D eigenvalue weighted by molar-refractivity contribution is -0.121. The Hall–Kier alpha value is -1.06. The molecule has 0 heterocycles. The molecule has 0 bridgehead atoms. The second kappa shape index (κ2) is 45.1. The second-order valence-electron chi connectivity index (χ2n) is 16.3. The Bertz CT molecular complexity index is 625. The molecule has 0 radical (unpaired) electrons. The quantitative estimate of drug-likeness (QED) is 0.0616. The van der Waals surface area contributed by atoms with Crippen molar-refractivity contribution in [2.75, 3.05) is 13.1 Å². The highest BCUT2D eigenvalue weighted by Crippen LogP contribution is 2.16. The summed E-state index contributed by atoms with van der Waals surface area (Å²) in [6.07, 6.45) is 54.3. The monoisotopic (exact) mass is 719 g/mol. The summed E-state index contributed by atoms with van der Waals surface area (Å²) >= 11 is 0. The molecular formula is C47H94N2O2. The zero-order valence-corrected chi connectivity index (χ0v) is 35.2. The van der Waals surface area contributed by atoms with Crippen LogP contribution in [0.4, 0.5) is 0 Å². The topological polar surface area (TPSA) is 58.2 Å². The standard InChI is InChI=1S/C47H94N2O2/c1-3-5-7-9-11-13-15-17-19-21-23-25-27-29-31-33-35-37-39-42-46(50)48-44-41-45-49-47(51)43-40-38-36-34-32-30-28-26-24-22-20-18-16-14-12-10-8-6-4-2/h3-45H2,1-2H3,(H,48,50)(H,49,51). The summed E-state index contributed by atoms with van der Waals surface area (Å²) in [4.78, 5) is 24.2. The summed E-state index contributed by atoms with van der Waals surface area (Å²) in [5, 5.41) is 6.06. The number of carbonyl (C=O) groups is 2. The average molecular weight is 719 g/mol. The number of nitrogens with one attached hydrogen (secondary N) is 2. The van der Waals surface area contributed by atoms with Crippen molar-refractivity contribution in [2.45, 2.75) is 277 Å². The van der Waals surface area contributed by atoms with E-state index in [0.29, 0.717) is 25.9 Å². The van der Waals surface area contributed by atoms with Crippen molar-refractivity contribution in [3.05, 3.63) is 0 Å². The van der Waals surface area contributed by atoms with Gasteiger partial charge >= 0.3 is 0 Å². The molecule has 0 aliphatic rings. The molecule has 2 N–H and O–H groups in total. The minimum Gasteiger partial charge on any atom is -0.356 e. The molecule has 0 fully saturated rings. The third kappa shape index (κ3) is 45.0.